The van der Waals surface area contributed by atoms with Gasteiger partial charge in [-0.1, -0.05) is 28.9 Å². The molecule has 182 valence electrons. The number of hydrogen-bond donors (Lipinski definition) is 2. The zero-order chi connectivity index (χ0) is 25.3. The van der Waals surface area contributed by atoms with Crippen LogP contribution < -0.4 is 5.32 Å². The SMILES string of the molecule is Cc1onc(-c2c(F)cccc2Cl)c1C(=O)NC(C)C(O)(Cn1cncn1)c1ccc(F)cc1F. The molecular weight excluding hydrogens is 487 g/mol. The number of rotatable bonds is 7. The molecule has 2 N–H and O–H groups in total. The van der Waals surface area contributed by atoms with Gasteiger partial charge in [0.15, 0.2) is 0 Å². The van der Waals surface area contributed by atoms with Crippen LogP contribution in [0.25, 0.3) is 11.3 Å². The number of aliphatic hydroxyl groups is 1. The summed E-state index contributed by atoms with van der Waals surface area (Å²) in [7, 11) is 0. The normalized spacial score (nSPS) is 13.9. The van der Waals surface area contributed by atoms with E-state index in [2.05, 4.69) is 20.6 Å². The van der Waals surface area contributed by atoms with Gasteiger partial charge in [-0.25, -0.2) is 22.8 Å². The van der Waals surface area contributed by atoms with Gasteiger partial charge >= 0.3 is 0 Å². The Morgan fingerprint density at radius 2 is 2.03 bits per heavy atom. The Morgan fingerprint density at radius 3 is 2.69 bits per heavy atom. The van der Waals surface area contributed by atoms with Crippen molar-refractivity contribution in [3.05, 3.63) is 88.4 Å². The van der Waals surface area contributed by atoms with Crippen molar-refractivity contribution < 1.29 is 27.6 Å². The van der Waals surface area contributed by atoms with E-state index in [0.29, 0.717) is 6.07 Å². The third-order valence-electron chi connectivity index (χ3n) is 5.62. The average molecular weight is 506 g/mol. The predicted molar refractivity (Wildman–Crippen MR) is 119 cm³/mol. The Labute approximate surface area is 202 Å². The fraction of sp³-hybridized carbons (Fsp3) is 0.217. The minimum absolute atomic E-state index is 0.0106. The highest BCUT2D eigenvalue weighted by Crippen LogP contribution is 2.34. The summed E-state index contributed by atoms with van der Waals surface area (Å²) in [4.78, 5) is 17.1. The molecule has 0 aliphatic carbocycles. The lowest BCUT2D eigenvalue weighted by atomic mass is 9.86. The topological polar surface area (TPSA) is 106 Å². The lowest BCUT2D eigenvalue weighted by molar-refractivity contribution is -0.0186. The second-order valence-electron chi connectivity index (χ2n) is 7.90. The standard InChI is InChI=1S/C23H19ClF3N5O3/c1-12-19(21(31-35-12)20-16(24)4-3-5-17(20)26)22(33)30-13(2)23(34,9-32-11-28-10-29-32)15-7-6-14(25)8-18(15)27/h3-8,10-11,13,34H,9H2,1-2H3,(H,30,33). The Bertz CT molecular complexity index is 1360. The van der Waals surface area contributed by atoms with Crippen LogP contribution in [0.4, 0.5) is 13.2 Å². The fourth-order valence-corrected chi connectivity index (χ4v) is 4.03. The molecule has 2 aromatic carbocycles. The highest BCUT2D eigenvalue weighted by Gasteiger charge is 2.41. The molecule has 1 amide bonds. The third-order valence-corrected chi connectivity index (χ3v) is 5.94. The van der Waals surface area contributed by atoms with Gasteiger partial charge in [0.1, 0.15) is 52.7 Å². The van der Waals surface area contributed by atoms with E-state index in [1.165, 1.54) is 43.3 Å². The van der Waals surface area contributed by atoms with Crippen molar-refractivity contribution in [3.63, 3.8) is 0 Å². The molecule has 2 heterocycles. The van der Waals surface area contributed by atoms with Crippen LogP contribution in [0.2, 0.25) is 5.02 Å². The summed E-state index contributed by atoms with van der Waals surface area (Å²) in [5.74, 6) is -3.29. The van der Waals surface area contributed by atoms with Gasteiger partial charge in [-0.05, 0) is 32.0 Å². The second-order valence-corrected chi connectivity index (χ2v) is 8.30. The van der Waals surface area contributed by atoms with Gasteiger partial charge in [0.05, 0.1) is 23.2 Å². The van der Waals surface area contributed by atoms with Crippen molar-refractivity contribution in [3.8, 4) is 11.3 Å². The van der Waals surface area contributed by atoms with E-state index >= 15 is 0 Å². The van der Waals surface area contributed by atoms with Gasteiger partial charge in [0.25, 0.3) is 5.91 Å². The molecular formula is C23H19ClF3N5O3. The van der Waals surface area contributed by atoms with Crippen molar-refractivity contribution in [2.75, 3.05) is 0 Å². The van der Waals surface area contributed by atoms with Crippen LogP contribution in [0.5, 0.6) is 0 Å². The number of amides is 1. The van der Waals surface area contributed by atoms with E-state index in [1.54, 1.807) is 0 Å². The Balaban J connectivity index is 1.72. The van der Waals surface area contributed by atoms with Crippen molar-refractivity contribution in [1.29, 1.82) is 0 Å². The highest BCUT2D eigenvalue weighted by atomic mass is 35.5. The fourth-order valence-electron chi connectivity index (χ4n) is 3.78. The summed E-state index contributed by atoms with van der Waals surface area (Å²) in [5, 5.41) is 21.9. The number of hydrogen-bond acceptors (Lipinski definition) is 6. The first-order valence-electron chi connectivity index (χ1n) is 10.3. The summed E-state index contributed by atoms with van der Waals surface area (Å²) in [6.07, 6.45) is 2.51. The molecule has 0 radical (unpaired) electrons. The maximum absolute atomic E-state index is 14.7. The molecule has 0 aliphatic heterocycles. The smallest absolute Gasteiger partial charge is 0.257 e. The van der Waals surface area contributed by atoms with Crippen molar-refractivity contribution in [2.45, 2.75) is 32.0 Å². The summed E-state index contributed by atoms with van der Waals surface area (Å²) in [6.45, 7) is 2.55. The number of benzene rings is 2. The second kappa shape index (κ2) is 9.51. The molecule has 2 aromatic heterocycles. The van der Waals surface area contributed by atoms with Gasteiger partial charge in [-0.2, -0.15) is 5.10 Å². The lowest BCUT2D eigenvalue weighted by Gasteiger charge is -2.35. The summed E-state index contributed by atoms with van der Waals surface area (Å²) >= 11 is 6.14. The van der Waals surface area contributed by atoms with Crippen LogP contribution in [-0.4, -0.2) is 37.0 Å². The summed E-state index contributed by atoms with van der Waals surface area (Å²) in [5.41, 5.74) is -2.76. The van der Waals surface area contributed by atoms with Crippen LogP contribution in [0, 0.1) is 24.4 Å². The molecule has 2 unspecified atom stereocenters. The average Bonchev–Trinajstić information content (AvgIpc) is 3.43. The van der Waals surface area contributed by atoms with E-state index in [-0.39, 0.29) is 39.7 Å². The molecule has 0 fully saturated rings. The van der Waals surface area contributed by atoms with Gasteiger partial charge in [-0.15, -0.1) is 0 Å². The number of nitrogens with one attached hydrogen (secondary N) is 1. The minimum atomic E-state index is -2.10. The lowest BCUT2D eigenvalue weighted by Crippen LogP contribution is -2.52. The van der Waals surface area contributed by atoms with Gasteiger partial charge in [0.2, 0.25) is 0 Å². The minimum Gasteiger partial charge on any atom is -0.381 e. The molecule has 2 atom stereocenters. The van der Waals surface area contributed by atoms with Gasteiger partial charge in [0, 0.05) is 11.6 Å². The van der Waals surface area contributed by atoms with Crippen LogP contribution in [0.1, 0.15) is 28.6 Å². The quantitative estimate of drug-likeness (QED) is 0.393. The maximum Gasteiger partial charge on any atom is 0.257 e. The van der Waals surface area contributed by atoms with Crippen LogP contribution >= 0.6 is 11.6 Å². The van der Waals surface area contributed by atoms with E-state index in [0.717, 1.165) is 18.2 Å². The predicted octanol–water partition coefficient (Wildman–Crippen LogP) is 4.02. The monoisotopic (exact) mass is 505 g/mol. The summed E-state index contributed by atoms with van der Waals surface area (Å²) < 4.78 is 49.2. The first kappa shape index (κ1) is 24.4. The first-order chi connectivity index (χ1) is 16.6. The molecule has 0 aliphatic rings. The number of aromatic nitrogens is 4. The number of carbonyl (C=O) groups is 1. The molecule has 35 heavy (non-hydrogen) atoms. The van der Waals surface area contributed by atoms with Crippen LogP contribution in [0.15, 0.2) is 53.6 Å². The summed E-state index contributed by atoms with van der Waals surface area (Å²) in [6, 6.07) is 5.51. The Kier molecular flexibility index (Phi) is 6.64. The van der Waals surface area contributed by atoms with Crippen LogP contribution in [-0.2, 0) is 12.1 Å². The van der Waals surface area contributed by atoms with E-state index in [1.807, 2.05) is 0 Å². The van der Waals surface area contributed by atoms with E-state index < -0.39 is 35.0 Å². The molecule has 0 saturated heterocycles. The van der Waals surface area contributed by atoms with Crippen LogP contribution in [0.3, 0.4) is 0 Å². The number of carbonyl (C=O) groups excluding carboxylic acids is 1. The zero-order valence-corrected chi connectivity index (χ0v) is 19.2. The van der Waals surface area contributed by atoms with Crippen molar-refractivity contribution in [1.82, 2.24) is 25.2 Å². The zero-order valence-electron chi connectivity index (χ0n) is 18.5. The molecule has 0 bridgehead atoms. The van der Waals surface area contributed by atoms with Gasteiger partial charge in [-0.3, -0.25) is 4.79 Å². The van der Waals surface area contributed by atoms with Gasteiger partial charge < -0.3 is 14.9 Å². The number of aryl methyl sites for hydroxylation is 1. The molecule has 0 saturated carbocycles. The maximum atomic E-state index is 14.7. The Morgan fingerprint density at radius 1 is 1.26 bits per heavy atom. The molecule has 4 rings (SSSR count). The molecule has 8 nitrogen and oxygen atoms in total. The molecule has 12 heteroatoms. The van der Waals surface area contributed by atoms with Crippen molar-refractivity contribution in [2.24, 2.45) is 0 Å². The third kappa shape index (κ3) is 4.64. The number of nitrogens with zero attached hydrogens (tertiary/aromatic N) is 4. The van der Waals surface area contributed by atoms with E-state index in [4.69, 9.17) is 16.1 Å². The molecule has 4 aromatic rings. The molecule has 0 spiro atoms. The van der Waals surface area contributed by atoms with Crippen molar-refractivity contribution >= 4 is 17.5 Å². The van der Waals surface area contributed by atoms with E-state index in [9.17, 15) is 23.1 Å². The Hall–Kier alpha value is -3.70. The first-order valence-corrected chi connectivity index (χ1v) is 10.7. The highest BCUT2D eigenvalue weighted by molar-refractivity contribution is 6.33. The largest absolute Gasteiger partial charge is 0.381 e. The number of halogens is 4.